The number of nitrogens with one attached hydrogen (secondary N) is 1. The lowest BCUT2D eigenvalue weighted by Gasteiger charge is -2.20. The Balaban J connectivity index is 2.86. The lowest BCUT2D eigenvalue weighted by atomic mass is 10.1. The SMILES string of the molecule is COc1cc(C(=O)OCC(=O)NC(C)(C)C)cc(OC)c1OC. The first-order valence-electron chi connectivity index (χ1n) is 7.00. The van der Waals surface area contributed by atoms with Crippen LogP contribution >= 0.6 is 0 Å². The van der Waals surface area contributed by atoms with Crippen LogP contribution < -0.4 is 19.5 Å². The molecule has 0 aromatic heterocycles. The maximum Gasteiger partial charge on any atom is 0.338 e. The second-order valence-corrected chi connectivity index (χ2v) is 5.79. The van der Waals surface area contributed by atoms with E-state index in [1.165, 1.54) is 33.5 Å². The Hall–Kier alpha value is -2.44. The summed E-state index contributed by atoms with van der Waals surface area (Å²) in [5.74, 6) is -0.000448. The molecule has 0 aliphatic heterocycles. The first-order chi connectivity index (χ1) is 10.7. The fraction of sp³-hybridized carbons (Fsp3) is 0.500. The zero-order valence-corrected chi connectivity index (χ0v) is 14.3. The van der Waals surface area contributed by atoms with Crippen molar-refractivity contribution < 1.29 is 28.5 Å². The Morgan fingerprint density at radius 2 is 1.52 bits per heavy atom. The van der Waals surface area contributed by atoms with Gasteiger partial charge in [0.05, 0.1) is 26.9 Å². The summed E-state index contributed by atoms with van der Waals surface area (Å²) in [7, 11) is 4.36. The van der Waals surface area contributed by atoms with Gasteiger partial charge in [-0.15, -0.1) is 0 Å². The van der Waals surface area contributed by atoms with Gasteiger partial charge in [0.1, 0.15) is 0 Å². The Morgan fingerprint density at radius 3 is 1.91 bits per heavy atom. The average molecular weight is 325 g/mol. The van der Waals surface area contributed by atoms with Crippen LogP contribution in [-0.2, 0) is 9.53 Å². The fourth-order valence-electron chi connectivity index (χ4n) is 1.87. The number of carbonyl (C=O) groups excluding carboxylic acids is 2. The lowest BCUT2D eigenvalue weighted by molar-refractivity contribution is -0.125. The number of esters is 1. The molecule has 128 valence electrons. The minimum atomic E-state index is -0.659. The molecule has 1 aromatic rings. The monoisotopic (exact) mass is 325 g/mol. The summed E-state index contributed by atoms with van der Waals surface area (Å²) in [5, 5.41) is 2.70. The molecule has 7 nitrogen and oxygen atoms in total. The van der Waals surface area contributed by atoms with Crippen molar-refractivity contribution >= 4 is 11.9 Å². The topological polar surface area (TPSA) is 83.1 Å². The molecule has 0 heterocycles. The van der Waals surface area contributed by atoms with Gasteiger partial charge in [0.15, 0.2) is 18.1 Å². The van der Waals surface area contributed by atoms with Crippen LogP contribution in [0, 0.1) is 0 Å². The van der Waals surface area contributed by atoms with Crippen molar-refractivity contribution in [1.29, 1.82) is 0 Å². The number of hydrogen-bond donors (Lipinski definition) is 1. The van der Waals surface area contributed by atoms with Gasteiger partial charge in [0, 0.05) is 5.54 Å². The van der Waals surface area contributed by atoms with E-state index in [1.54, 1.807) is 0 Å². The number of benzene rings is 1. The van der Waals surface area contributed by atoms with E-state index in [2.05, 4.69) is 5.32 Å². The van der Waals surface area contributed by atoms with Gasteiger partial charge in [0.2, 0.25) is 5.75 Å². The summed E-state index contributed by atoms with van der Waals surface area (Å²) in [5.41, 5.74) is -0.196. The predicted octanol–water partition coefficient (Wildman–Crippen LogP) is 1.78. The Morgan fingerprint density at radius 1 is 1.00 bits per heavy atom. The highest BCUT2D eigenvalue weighted by atomic mass is 16.5. The lowest BCUT2D eigenvalue weighted by Crippen LogP contribution is -2.42. The highest BCUT2D eigenvalue weighted by molar-refractivity contribution is 5.92. The smallest absolute Gasteiger partial charge is 0.338 e. The molecule has 0 saturated heterocycles. The number of ether oxygens (including phenoxy) is 4. The second kappa shape index (κ2) is 7.71. The van der Waals surface area contributed by atoms with Crippen LogP contribution in [0.15, 0.2) is 12.1 Å². The van der Waals surface area contributed by atoms with Gasteiger partial charge in [-0.3, -0.25) is 4.79 Å². The van der Waals surface area contributed by atoms with Crippen molar-refractivity contribution in [2.24, 2.45) is 0 Å². The van der Waals surface area contributed by atoms with E-state index >= 15 is 0 Å². The molecule has 0 spiro atoms. The Kier molecular flexibility index (Phi) is 6.24. The molecule has 0 fully saturated rings. The quantitative estimate of drug-likeness (QED) is 0.803. The van der Waals surface area contributed by atoms with Gasteiger partial charge in [-0.2, -0.15) is 0 Å². The van der Waals surface area contributed by atoms with Crippen LogP contribution in [0.3, 0.4) is 0 Å². The van der Waals surface area contributed by atoms with E-state index in [0.717, 1.165) is 0 Å². The molecule has 0 atom stereocenters. The summed E-state index contributed by atoms with van der Waals surface area (Å²) in [4.78, 5) is 23.8. The number of methoxy groups -OCH3 is 3. The van der Waals surface area contributed by atoms with Crippen LogP contribution in [-0.4, -0.2) is 45.4 Å². The summed E-state index contributed by atoms with van der Waals surface area (Å²) in [6.07, 6.45) is 0. The van der Waals surface area contributed by atoms with Crippen LogP contribution in [0.1, 0.15) is 31.1 Å². The van der Waals surface area contributed by atoms with E-state index < -0.39 is 11.5 Å². The maximum absolute atomic E-state index is 12.1. The van der Waals surface area contributed by atoms with Crippen LogP contribution in [0.4, 0.5) is 0 Å². The number of hydrogen-bond acceptors (Lipinski definition) is 6. The van der Waals surface area contributed by atoms with Gasteiger partial charge in [-0.25, -0.2) is 4.79 Å². The molecular weight excluding hydrogens is 302 g/mol. The van der Waals surface area contributed by atoms with Gasteiger partial charge < -0.3 is 24.3 Å². The number of amides is 1. The zero-order valence-electron chi connectivity index (χ0n) is 14.3. The molecule has 0 saturated carbocycles. The molecule has 7 heteroatoms. The third-order valence-electron chi connectivity index (χ3n) is 2.75. The van der Waals surface area contributed by atoms with Gasteiger partial charge in [0.25, 0.3) is 5.91 Å². The highest BCUT2D eigenvalue weighted by Gasteiger charge is 2.19. The van der Waals surface area contributed by atoms with Gasteiger partial charge in [-0.1, -0.05) is 0 Å². The minimum absolute atomic E-state index is 0.197. The summed E-state index contributed by atoms with van der Waals surface area (Å²) in [6, 6.07) is 2.93. The van der Waals surface area contributed by atoms with E-state index in [-0.39, 0.29) is 18.1 Å². The maximum atomic E-state index is 12.1. The standard InChI is InChI=1S/C16H23NO6/c1-16(2,3)17-13(18)9-23-15(19)10-7-11(20-4)14(22-6)12(8-10)21-5/h7-8H,9H2,1-6H3,(H,17,18). The molecule has 23 heavy (non-hydrogen) atoms. The van der Waals surface area contributed by atoms with Crippen molar-refractivity contribution in [3.8, 4) is 17.2 Å². The van der Waals surface area contributed by atoms with E-state index in [0.29, 0.717) is 17.2 Å². The van der Waals surface area contributed by atoms with E-state index in [1.807, 2.05) is 20.8 Å². The summed E-state index contributed by atoms with van der Waals surface area (Å²) < 4.78 is 20.5. The van der Waals surface area contributed by atoms with Gasteiger partial charge >= 0.3 is 5.97 Å². The highest BCUT2D eigenvalue weighted by Crippen LogP contribution is 2.38. The van der Waals surface area contributed by atoms with Crippen molar-refractivity contribution in [2.75, 3.05) is 27.9 Å². The van der Waals surface area contributed by atoms with Crippen molar-refractivity contribution in [3.63, 3.8) is 0 Å². The third-order valence-corrected chi connectivity index (χ3v) is 2.75. The average Bonchev–Trinajstić information content (AvgIpc) is 2.49. The molecule has 0 unspecified atom stereocenters. The molecule has 1 aromatic carbocycles. The first kappa shape index (κ1) is 18.6. The van der Waals surface area contributed by atoms with Gasteiger partial charge in [-0.05, 0) is 32.9 Å². The Bertz CT molecular complexity index is 551. The summed E-state index contributed by atoms with van der Waals surface area (Å²) in [6.45, 7) is 5.15. The molecule has 0 bridgehead atoms. The molecule has 0 aliphatic carbocycles. The number of rotatable bonds is 6. The molecule has 0 aliphatic rings. The normalized spacial score (nSPS) is 10.7. The van der Waals surface area contributed by atoms with E-state index in [9.17, 15) is 9.59 Å². The molecule has 0 radical (unpaired) electrons. The van der Waals surface area contributed by atoms with Crippen LogP contribution in [0.2, 0.25) is 0 Å². The van der Waals surface area contributed by atoms with Crippen molar-refractivity contribution in [2.45, 2.75) is 26.3 Å². The predicted molar refractivity (Wildman–Crippen MR) is 84.3 cm³/mol. The van der Waals surface area contributed by atoms with E-state index in [4.69, 9.17) is 18.9 Å². The largest absolute Gasteiger partial charge is 0.493 e. The number of carbonyl (C=O) groups is 2. The van der Waals surface area contributed by atoms with Crippen molar-refractivity contribution in [3.05, 3.63) is 17.7 Å². The zero-order chi connectivity index (χ0) is 17.6. The fourth-order valence-corrected chi connectivity index (χ4v) is 1.87. The first-order valence-corrected chi connectivity index (χ1v) is 7.00. The van der Waals surface area contributed by atoms with Crippen LogP contribution in [0.25, 0.3) is 0 Å². The summed E-state index contributed by atoms with van der Waals surface area (Å²) >= 11 is 0. The molecule has 1 N–H and O–H groups in total. The second-order valence-electron chi connectivity index (χ2n) is 5.79. The third kappa shape index (κ3) is 5.36. The molecule has 1 amide bonds. The Labute approximate surface area is 135 Å². The van der Waals surface area contributed by atoms with Crippen molar-refractivity contribution in [1.82, 2.24) is 5.32 Å². The molecular formula is C16H23NO6. The van der Waals surface area contributed by atoms with Crippen LogP contribution in [0.5, 0.6) is 17.2 Å². The molecule has 1 rings (SSSR count). The minimum Gasteiger partial charge on any atom is -0.493 e.